The highest BCUT2D eigenvalue weighted by Gasteiger charge is 2.13. The number of rotatable bonds is 8. The number of anilines is 1. The second-order valence-electron chi connectivity index (χ2n) is 7.68. The van der Waals surface area contributed by atoms with Gasteiger partial charge in [0.1, 0.15) is 17.6 Å². The molecule has 1 heterocycles. The molecule has 1 N–H and O–H groups in total. The van der Waals surface area contributed by atoms with Gasteiger partial charge < -0.3 is 19.5 Å². The standard InChI is InChI=1S/C26H27N3O5/c1-17(16-32-4)34-23-13-19(6-7-21-14-20(18(2)30)8-9-24(21)33-5)12-22(15-23)26(31)27-25-10-11-29(3)28-25/h8-15,17H,16H2,1-5H3,(H,27,28,31)/t17-/m0/s1. The number of ketones is 1. The molecule has 0 unspecified atom stereocenters. The Morgan fingerprint density at radius 2 is 1.88 bits per heavy atom. The molecule has 0 fully saturated rings. The summed E-state index contributed by atoms with van der Waals surface area (Å²) in [6.07, 6.45) is 1.51. The summed E-state index contributed by atoms with van der Waals surface area (Å²) in [6.45, 7) is 3.75. The first-order chi connectivity index (χ1) is 16.3. The topological polar surface area (TPSA) is 91.7 Å². The van der Waals surface area contributed by atoms with Crippen LogP contribution in [0.5, 0.6) is 11.5 Å². The smallest absolute Gasteiger partial charge is 0.257 e. The normalized spacial score (nSPS) is 11.2. The van der Waals surface area contributed by atoms with Crippen molar-refractivity contribution in [3.63, 3.8) is 0 Å². The summed E-state index contributed by atoms with van der Waals surface area (Å²) in [5.74, 6) is 7.15. The van der Waals surface area contributed by atoms with E-state index in [1.807, 2.05) is 6.92 Å². The minimum absolute atomic E-state index is 0.0679. The Balaban J connectivity index is 1.98. The zero-order chi connectivity index (χ0) is 24.7. The van der Waals surface area contributed by atoms with Crippen molar-refractivity contribution in [2.24, 2.45) is 7.05 Å². The first-order valence-electron chi connectivity index (χ1n) is 10.6. The van der Waals surface area contributed by atoms with Gasteiger partial charge in [0, 0.05) is 43.1 Å². The number of carbonyl (C=O) groups is 2. The number of aryl methyl sites for hydroxylation is 1. The van der Waals surface area contributed by atoms with Crippen LogP contribution in [0.4, 0.5) is 5.82 Å². The molecular weight excluding hydrogens is 434 g/mol. The second kappa shape index (κ2) is 11.2. The van der Waals surface area contributed by atoms with Crippen LogP contribution in [0.2, 0.25) is 0 Å². The second-order valence-corrected chi connectivity index (χ2v) is 7.68. The summed E-state index contributed by atoms with van der Waals surface area (Å²) < 4.78 is 18.0. The van der Waals surface area contributed by atoms with Gasteiger partial charge in [-0.1, -0.05) is 11.8 Å². The van der Waals surface area contributed by atoms with Gasteiger partial charge in [-0.2, -0.15) is 5.10 Å². The fourth-order valence-electron chi connectivity index (χ4n) is 3.21. The number of amides is 1. The third-order valence-corrected chi connectivity index (χ3v) is 4.81. The van der Waals surface area contributed by atoms with Crippen molar-refractivity contribution in [3.05, 3.63) is 70.9 Å². The van der Waals surface area contributed by atoms with Crippen LogP contribution < -0.4 is 14.8 Å². The van der Waals surface area contributed by atoms with E-state index in [4.69, 9.17) is 14.2 Å². The number of hydrogen-bond acceptors (Lipinski definition) is 6. The highest BCUT2D eigenvalue weighted by Crippen LogP contribution is 2.22. The van der Waals surface area contributed by atoms with Crippen LogP contribution in [0.1, 0.15) is 45.7 Å². The van der Waals surface area contributed by atoms with Crippen LogP contribution in [-0.2, 0) is 11.8 Å². The van der Waals surface area contributed by atoms with Crippen LogP contribution >= 0.6 is 0 Å². The summed E-state index contributed by atoms with van der Waals surface area (Å²) in [6, 6.07) is 11.8. The summed E-state index contributed by atoms with van der Waals surface area (Å²) >= 11 is 0. The molecule has 0 saturated carbocycles. The third kappa shape index (κ3) is 6.47. The Morgan fingerprint density at radius 3 is 2.53 bits per heavy atom. The first-order valence-corrected chi connectivity index (χ1v) is 10.6. The summed E-state index contributed by atoms with van der Waals surface area (Å²) in [4.78, 5) is 24.7. The number of methoxy groups -OCH3 is 2. The molecule has 1 atom stereocenters. The Hall–Kier alpha value is -4.09. The SMILES string of the molecule is COC[C@H](C)Oc1cc(C#Cc2cc(C(C)=O)ccc2OC)cc(C(=O)Nc2ccn(C)n2)c1. The van der Waals surface area contributed by atoms with Gasteiger partial charge in [0.05, 0.1) is 19.3 Å². The molecule has 0 bridgehead atoms. The maximum Gasteiger partial charge on any atom is 0.257 e. The lowest BCUT2D eigenvalue weighted by molar-refractivity contribution is 0.0917. The van der Waals surface area contributed by atoms with E-state index in [2.05, 4.69) is 22.3 Å². The van der Waals surface area contributed by atoms with Crippen LogP contribution in [0, 0.1) is 11.8 Å². The Kier molecular flexibility index (Phi) is 8.06. The van der Waals surface area contributed by atoms with Gasteiger partial charge in [0.15, 0.2) is 11.6 Å². The lowest BCUT2D eigenvalue weighted by atomic mass is 10.1. The highest BCUT2D eigenvalue weighted by atomic mass is 16.5. The lowest BCUT2D eigenvalue weighted by Crippen LogP contribution is -2.19. The predicted octanol–water partition coefficient (Wildman–Crippen LogP) is 3.70. The molecule has 8 nitrogen and oxygen atoms in total. The summed E-state index contributed by atoms with van der Waals surface area (Å²) in [7, 11) is 4.90. The molecule has 2 aromatic carbocycles. The van der Waals surface area contributed by atoms with Gasteiger partial charge >= 0.3 is 0 Å². The number of nitrogens with zero attached hydrogens (tertiary/aromatic N) is 2. The van der Waals surface area contributed by atoms with E-state index < -0.39 is 0 Å². The van der Waals surface area contributed by atoms with Crippen LogP contribution in [0.25, 0.3) is 0 Å². The number of ether oxygens (including phenoxy) is 3. The van der Waals surface area contributed by atoms with Crippen molar-refractivity contribution >= 4 is 17.5 Å². The van der Waals surface area contributed by atoms with Crippen molar-refractivity contribution in [3.8, 4) is 23.3 Å². The quantitative estimate of drug-likeness (QED) is 0.406. The molecule has 0 radical (unpaired) electrons. The predicted molar refractivity (Wildman–Crippen MR) is 129 cm³/mol. The van der Waals surface area contributed by atoms with Crippen molar-refractivity contribution in [1.29, 1.82) is 0 Å². The zero-order valence-corrected chi connectivity index (χ0v) is 19.8. The van der Waals surface area contributed by atoms with Crippen molar-refractivity contribution in [1.82, 2.24) is 9.78 Å². The van der Waals surface area contributed by atoms with E-state index in [1.165, 1.54) is 6.92 Å². The molecule has 1 aromatic heterocycles. The van der Waals surface area contributed by atoms with E-state index in [0.29, 0.717) is 46.2 Å². The van der Waals surface area contributed by atoms with E-state index in [9.17, 15) is 9.59 Å². The van der Waals surface area contributed by atoms with Gasteiger partial charge in [0.25, 0.3) is 5.91 Å². The maximum absolute atomic E-state index is 12.9. The number of Topliss-reactive ketones (excluding diaryl/α,β-unsaturated/α-hetero) is 1. The molecule has 0 aliphatic rings. The Labute approximate surface area is 198 Å². The fourth-order valence-corrected chi connectivity index (χ4v) is 3.21. The van der Waals surface area contributed by atoms with Gasteiger partial charge in [-0.3, -0.25) is 14.3 Å². The molecule has 3 rings (SSSR count). The maximum atomic E-state index is 12.9. The van der Waals surface area contributed by atoms with Gasteiger partial charge in [0.2, 0.25) is 0 Å². The molecule has 0 spiro atoms. The number of carbonyl (C=O) groups excluding carboxylic acids is 2. The number of benzene rings is 2. The van der Waals surface area contributed by atoms with Gasteiger partial charge in [-0.15, -0.1) is 0 Å². The van der Waals surface area contributed by atoms with Gasteiger partial charge in [-0.05, 0) is 50.2 Å². The molecule has 1 amide bonds. The van der Waals surface area contributed by atoms with E-state index >= 15 is 0 Å². The minimum Gasteiger partial charge on any atom is -0.495 e. The number of hydrogen-bond donors (Lipinski definition) is 1. The molecule has 34 heavy (non-hydrogen) atoms. The third-order valence-electron chi connectivity index (χ3n) is 4.81. The van der Waals surface area contributed by atoms with Crippen LogP contribution in [0.15, 0.2) is 48.7 Å². The van der Waals surface area contributed by atoms with Gasteiger partial charge in [-0.25, -0.2) is 0 Å². The molecule has 8 heteroatoms. The van der Waals surface area contributed by atoms with E-state index in [-0.39, 0.29) is 17.8 Å². The largest absolute Gasteiger partial charge is 0.495 e. The summed E-state index contributed by atoms with van der Waals surface area (Å²) in [5.41, 5.74) is 2.02. The van der Waals surface area contributed by atoms with E-state index in [1.54, 1.807) is 74.6 Å². The van der Waals surface area contributed by atoms with E-state index in [0.717, 1.165) is 0 Å². The highest BCUT2D eigenvalue weighted by molar-refractivity contribution is 6.04. The molecule has 0 saturated heterocycles. The first kappa shape index (κ1) is 24.6. The van der Waals surface area contributed by atoms with Crippen molar-refractivity contribution in [2.45, 2.75) is 20.0 Å². The zero-order valence-electron chi connectivity index (χ0n) is 19.8. The van der Waals surface area contributed by atoms with Crippen molar-refractivity contribution < 1.29 is 23.8 Å². The number of nitrogens with one attached hydrogen (secondary N) is 1. The Bertz CT molecular complexity index is 1250. The minimum atomic E-state index is -0.345. The Morgan fingerprint density at radius 1 is 1.09 bits per heavy atom. The average molecular weight is 462 g/mol. The van der Waals surface area contributed by atoms with Crippen LogP contribution in [0.3, 0.4) is 0 Å². The molecule has 176 valence electrons. The fraction of sp³-hybridized carbons (Fsp3) is 0.269. The molecule has 3 aromatic rings. The monoisotopic (exact) mass is 461 g/mol. The number of aromatic nitrogens is 2. The van der Waals surface area contributed by atoms with Crippen LogP contribution in [-0.4, -0.2) is 48.4 Å². The summed E-state index contributed by atoms with van der Waals surface area (Å²) in [5, 5.41) is 6.95. The lowest BCUT2D eigenvalue weighted by Gasteiger charge is -2.15. The molecule has 0 aliphatic heterocycles. The average Bonchev–Trinajstić information content (AvgIpc) is 3.21. The van der Waals surface area contributed by atoms with Crippen molar-refractivity contribution in [2.75, 3.05) is 26.1 Å². The molecule has 0 aliphatic carbocycles. The molecular formula is C26H27N3O5.